The van der Waals surface area contributed by atoms with Crippen LogP contribution in [0.5, 0.6) is 0 Å². The Balaban J connectivity index is 1.65. The minimum absolute atomic E-state index is 0.0137. The number of hydrogen-bond acceptors (Lipinski definition) is 4. The Bertz CT molecular complexity index is 1230. The van der Waals surface area contributed by atoms with Crippen LogP contribution in [-0.2, 0) is 17.4 Å². The first-order chi connectivity index (χ1) is 14.2. The first kappa shape index (κ1) is 19.7. The van der Waals surface area contributed by atoms with Crippen LogP contribution < -0.4 is 5.32 Å². The molecule has 2 aromatic heterocycles. The molecule has 9 heteroatoms. The van der Waals surface area contributed by atoms with Gasteiger partial charge in [0.2, 0.25) is 5.91 Å². The van der Waals surface area contributed by atoms with Gasteiger partial charge in [0.05, 0.1) is 29.6 Å². The van der Waals surface area contributed by atoms with Gasteiger partial charge < -0.3 is 9.73 Å². The molecule has 0 saturated carbocycles. The van der Waals surface area contributed by atoms with Crippen molar-refractivity contribution < 1.29 is 22.4 Å². The fraction of sp³-hybridized carbons (Fsp3) is 0.190. The number of benzene rings is 2. The zero-order valence-electron chi connectivity index (χ0n) is 16.1. The Labute approximate surface area is 169 Å². The van der Waals surface area contributed by atoms with E-state index in [1.54, 1.807) is 0 Å². The van der Waals surface area contributed by atoms with E-state index in [1.165, 1.54) is 29.7 Å². The van der Waals surface area contributed by atoms with Crippen LogP contribution in [0.2, 0.25) is 0 Å². The summed E-state index contributed by atoms with van der Waals surface area (Å²) in [6.07, 6.45) is -0.509. The van der Waals surface area contributed by atoms with Gasteiger partial charge in [0.1, 0.15) is 18.2 Å². The molecule has 0 aliphatic carbocycles. The van der Waals surface area contributed by atoms with E-state index in [2.05, 4.69) is 15.4 Å². The molecule has 1 N–H and O–H groups in total. The van der Waals surface area contributed by atoms with Crippen molar-refractivity contribution in [1.82, 2.24) is 14.8 Å². The van der Waals surface area contributed by atoms with Crippen molar-refractivity contribution in [1.29, 1.82) is 0 Å². The second kappa shape index (κ2) is 7.33. The van der Waals surface area contributed by atoms with E-state index < -0.39 is 17.6 Å². The Morgan fingerprint density at radius 2 is 1.93 bits per heavy atom. The maximum absolute atomic E-state index is 13.2. The minimum Gasteiger partial charge on any atom is -0.464 e. The number of aryl methyl sites for hydroxylation is 2. The number of halogens is 3. The molecule has 4 rings (SSSR count). The van der Waals surface area contributed by atoms with E-state index in [0.29, 0.717) is 11.1 Å². The topological polar surface area (TPSA) is 73.0 Å². The van der Waals surface area contributed by atoms with Gasteiger partial charge in [-0.3, -0.25) is 4.79 Å². The summed E-state index contributed by atoms with van der Waals surface area (Å²) in [4.78, 5) is 16.5. The zero-order chi connectivity index (χ0) is 21.5. The molecule has 1 amide bonds. The second-order valence-electron chi connectivity index (χ2n) is 6.99. The van der Waals surface area contributed by atoms with Gasteiger partial charge in [0.25, 0.3) is 0 Å². The van der Waals surface area contributed by atoms with Crippen molar-refractivity contribution >= 4 is 22.6 Å². The molecule has 0 atom stereocenters. The van der Waals surface area contributed by atoms with Gasteiger partial charge in [-0.25, -0.2) is 9.67 Å². The van der Waals surface area contributed by atoms with Gasteiger partial charge >= 0.3 is 6.18 Å². The van der Waals surface area contributed by atoms with Crippen LogP contribution in [0.4, 0.5) is 18.9 Å². The molecule has 2 heterocycles. The number of hydrogen-bond donors (Lipinski definition) is 1. The first-order valence-corrected chi connectivity index (χ1v) is 9.06. The normalized spacial score (nSPS) is 11.8. The van der Waals surface area contributed by atoms with Crippen LogP contribution in [0.3, 0.4) is 0 Å². The van der Waals surface area contributed by atoms with Gasteiger partial charge in [-0.05, 0) is 55.3 Å². The molecule has 0 fully saturated rings. The van der Waals surface area contributed by atoms with Gasteiger partial charge in [0, 0.05) is 10.9 Å². The van der Waals surface area contributed by atoms with Crippen LogP contribution >= 0.6 is 0 Å². The summed E-state index contributed by atoms with van der Waals surface area (Å²) in [5.74, 6) is -0.475. The summed E-state index contributed by atoms with van der Waals surface area (Å²) in [6, 6.07) is 6.88. The molecule has 0 radical (unpaired) electrons. The highest BCUT2D eigenvalue weighted by molar-refractivity contribution is 5.97. The summed E-state index contributed by atoms with van der Waals surface area (Å²) in [7, 11) is 0. The highest BCUT2D eigenvalue weighted by Gasteiger charge is 2.31. The molecular weight excluding hydrogens is 397 g/mol. The lowest BCUT2D eigenvalue weighted by Gasteiger charge is -2.14. The highest BCUT2D eigenvalue weighted by Crippen LogP contribution is 2.33. The van der Waals surface area contributed by atoms with Crippen LogP contribution in [0.25, 0.3) is 16.7 Å². The number of fused-ring (bicyclic) bond motifs is 1. The lowest BCUT2D eigenvalue weighted by molar-refractivity contribution is -0.137. The molecule has 0 spiro atoms. The van der Waals surface area contributed by atoms with E-state index in [4.69, 9.17) is 4.42 Å². The van der Waals surface area contributed by atoms with Crippen molar-refractivity contribution in [3.8, 4) is 5.69 Å². The SMILES string of the molecule is Cc1cc2occ(CC(=O)Nc3cc(C(F)(F)F)ccc3-n3cncn3)c2cc1C. The summed E-state index contributed by atoms with van der Waals surface area (Å²) < 4.78 is 46.3. The monoisotopic (exact) mass is 414 g/mol. The number of furan rings is 1. The van der Waals surface area contributed by atoms with E-state index in [0.717, 1.165) is 28.6 Å². The maximum atomic E-state index is 13.2. The molecule has 0 unspecified atom stereocenters. The molecule has 4 aromatic rings. The molecular formula is C21H17F3N4O2. The average Bonchev–Trinajstić information content (AvgIpc) is 3.33. The number of carbonyl (C=O) groups is 1. The number of nitrogens with one attached hydrogen (secondary N) is 1. The average molecular weight is 414 g/mol. The highest BCUT2D eigenvalue weighted by atomic mass is 19.4. The molecule has 0 aliphatic heterocycles. The number of rotatable bonds is 4. The van der Waals surface area contributed by atoms with Crippen LogP contribution in [0.15, 0.2) is 53.7 Å². The fourth-order valence-electron chi connectivity index (χ4n) is 3.19. The predicted octanol–water partition coefficient (Wildman–Crippen LogP) is 4.83. The van der Waals surface area contributed by atoms with E-state index in [9.17, 15) is 18.0 Å². The van der Waals surface area contributed by atoms with Crippen molar-refractivity contribution in [2.24, 2.45) is 0 Å². The Morgan fingerprint density at radius 3 is 2.63 bits per heavy atom. The quantitative estimate of drug-likeness (QED) is 0.519. The lowest BCUT2D eigenvalue weighted by atomic mass is 10.0. The van der Waals surface area contributed by atoms with E-state index in [1.807, 2.05) is 26.0 Å². The minimum atomic E-state index is -4.55. The summed E-state index contributed by atoms with van der Waals surface area (Å²) >= 11 is 0. The second-order valence-corrected chi connectivity index (χ2v) is 6.99. The van der Waals surface area contributed by atoms with Gasteiger partial charge in [-0.15, -0.1) is 0 Å². The van der Waals surface area contributed by atoms with Crippen molar-refractivity contribution in [3.63, 3.8) is 0 Å². The lowest BCUT2D eigenvalue weighted by Crippen LogP contribution is -2.17. The molecule has 2 aromatic carbocycles. The maximum Gasteiger partial charge on any atom is 0.416 e. The molecule has 154 valence electrons. The smallest absolute Gasteiger partial charge is 0.416 e. The molecule has 6 nitrogen and oxygen atoms in total. The van der Waals surface area contributed by atoms with Crippen molar-refractivity contribution in [2.45, 2.75) is 26.4 Å². The van der Waals surface area contributed by atoms with Crippen molar-refractivity contribution in [2.75, 3.05) is 5.32 Å². The standard InChI is InChI=1S/C21H17F3N4O2/c1-12-5-16-14(9-30-19(16)6-13(12)2)7-20(29)27-17-8-15(21(22,23)24)3-4-18(17)28-11-25-10-26-28/h3-6,8-11H,7H2,1-2H3,(H,27,29). The molecule has 0 aliphatic rings. The first-order valence-electron chi connectivity index (χ1n) is 9.06. The summed E-state index contributed by atoms with van der Waals surface area (Å²) in [5.41, 5.74) is 2.81. The largest absolute Gasteiger partial charge is 0.464 e. The number of amides is 1. The summed E-state index contributed by atoms with van der Waals surface area (Å²) in [6.45, 7) is 3.92. The zero-order valence-corrected chi connectivity index (χ0v) is 16.1. The number of alkyl halides is 3. The Hall–Kier alpha value is -3.62. The molecule has 0 bridgehead atoms. The van der Waals surface area contributed by atoms with Gasteiger partial charge in [-0.2, -0.15) is 18.3 Å². The third kappa shape index (κ3) is 3.78. The number of anilines is 1. The van der Waals surface area contributed by atoms with Crippen LogP contribution in [-0.4, -0.2) is 20.7 Å². The van der Waals surface area contributed by atoms with Gasteiger partial charge in [-0.1, -0.05) is 0 Å². The third-order valence-corrected chi connectivity index (χ3v) is 4.88. The van der Waals surface area contributed by atoms with E-state index in [-0.39, 0.29) is 17.8 Å². The number of carbonyl (C=O) groups excluding carboxylic acids is 1. The number of aromatic nitrogens is 3. The molecule has 30 heavy (non-hydrogen) atoms. The third-order valence-electron chi connectivity index (χ3n) is 4.88. The van der Waals surface area contributed by atoms with Crippen molar-refractivity contribution in [3.05, 3.63) is 71.5 Å². The number of nitrogens with zero attached hydrogens (tertiary/aromatic N) is 3. The summed E-state index contributed by atoms with van der Waals surface area (Å²) in [5, 5.41) is 7.31. The van der Waals surface area contributed by atoms with E-state index >= 15 is 0 Å². The molecule has 0 saturated heterocycles. The van der Waals surface area contributed by atoms with Crippen LogP contribution in [0, 0.1) is 13.8 Å². The Morgan fingerprint density at radius 1 is 1.17 bits per heavy atom. The fourth-order valence-corrected chi connectivity index (χ4v) is 3.19. The van der Waals surface area contributed by atoms with Gasteiger partial charge in [0.15, 0.2) is 0 Å². The predicted molar refractivity (Wildman–Crippen MR) is 104 cm³/mol. The van der Waals surface area contributed by atoms with Crippen LogP contribution in [0.1, 0.15) is 22.3 Å². The Kier molecular flexibility index (Phi) is 4.81.